The van der Waals surface area contributed by atoms with Gasteiger partial charge in [0.05, 0.1) is 0 Å². The Labute approximate surface area is 64.8 Å². The molecule has 0 aromatic heterocycles. The molecule has 0 spiro atoms. The molecule has 1 atom stereocenters. The Kier molecular flexibility index (Phi) is 2.26. The van der Waals surface area contributed by atoms with E-state index < -0.39 is 6.17 Å². The van der Waals surface area contributed by atoms with Crippen LogP contribution in [0.15, 0.2) is 36.9 Å². The third-order valence-electron chi connectivity index (χ3n) is 1.44. The molecule has 0 bridgehead atoms. The Bertz CT molecular complexity index is 257. The van der Waals surface area contributed by atoms with Gasteiger partial charge in [0.2, 0.25) is 0 Å². The normalized spacial score (nSPS) is 12.5. The summed E-state index contributed by atoms with van der Waals surface area (Å²) < 4.78 is 12.8. The van der Waals surface area contributed by atoms with E-state index in [1.54, 1.807) is 12.1 Å². The minimum atomic E-state index is -1.28. The summed E-state index contributed by atoms with van der Waals surface area (Å²) in [5, 5.41) is 9.12. The van der Waals surface area contributed by atoms with E-state index in [-0.39, 0.29) is 11.3 Å². The Morgan fingerprint density at radius 3 is 2.64 bits per heavy atom. The van der Waals surface area contributed by atoms with Gasteiger partial charge in [-0.2, -0.15) is 0 Å². The lowest BCUT2D eigenvalue weighted by Crippen LogP contribution is -1.86. The van der Waals surface area contributed by atoms with Crippen LogP contribution in [-0.4, -0.2) is 5.11 Å². The van der Waals surface area contributed by atoms with E-state index in [1.807, 2.05) is 0 Å². The standard InChI is InChI=1S/C9H9FO/c1-2-8(10)7-5-3-4-6-9(7)11/h2-6,8,11H,1H2. The number of hydrogen-bond donors (Lipinski definition) is 1. The first-order valence-corrected chi connectivity index (χ1v) is 3.30. The highest BCUT2D eigenvalue weighted by atomic mass is 19.1. The van der Waals surface area contributed by atoms with Crippen LogP contribution in [0.1, 0.15) is 11.7 Å². The fourth-order valence-electron chi connectivity index (χ4n) is 0.848. The molecule has 2 heteroatoms. The minimum Gasteiger partial charge on any atom is -0.508 e. The number of hydrogen-bond acceptors (Lipinski definition) is 1. The van der Waals surface area contributed by atoms with Gasteiger partial charge in [-0.15, -0.1) is 0 Å². The molecule has 0 radical (unpaired) electrons. The highest BCUT2D eigenvalue weighted by Crippen LogP contribution is 2.26. The van der Waals surface area contributed by atoms with Crippen LogP contribution in [0.2, 0.25) is 0 Å². The number of phenolic OH excluding ortho intramolecular Hbond substituents is 1. The van der Waals surface area contributed by atoms with Crippen LogP contribution in [-0.2, 0) is 0 Å². The molecular formula is C9H9FO. The molecule has 1 aromatic rings. The molecule has 0 heterocycles. The van der Waals surface area contributed by atoms with Crippen LogP contribution in [0.25, 0.3) is 0 Å². The third kappa shape index (κ3) is 1.58. The second kappa shape index (κ2) is 3.19. The number of rotatable bonds is 2. The summed E-state index contributed by atoms with van der Waals surface area (Å²) in [6.07, 6.45) is -0.133. The summed E-state index contributed by atoms with van der Waals surface area (Å²) in [5.41, 5.74) is 0.266. The van der Waals surface area contributed by atoms with Crippen molar-refractivity contribution in [2.45, 2.75) is 6.17 Å². The van der Waals surface area contributed by atoms with Crippen LogP contribution in [0.4, 0.5) is 4.39 Å². The Morgan fingerprint density at radius 1 is 1.45 bits per heavy atom. The summed E-state index contributed by atoms with van der Waals surface area (Å²) in [7, 11) is 0. The molecule has 1 aromatic carbocycles. The van der Waals surface area contributed by atoms with Crippen molar-refractivity contribution in [2.75, 3.05) is 0 Å². The maximum atomic E-state index is 12.8. The Balaban J connectivity index is 3.02. The number of para-hydroxylation sites is 1. The lowest BCUT2D eigenvalue weighted by Gasteiger charge is -2.03. The van der Waals surface area contributed by atoms with E-state index in [0.29, 0.717) is 0 Å². The van der Waals surface area contributed by atoms with E-state index >= 15 is 0 Å². The van der Waals surface area contributed by atoms with Gasteiger partial charge in [-0.05, 0) is 6.07 Å². The average molecular weight is 152 g/mol. The summed E-state index contributed by atoms with van der Waals surface area (Å²) in [6.45, 7) is 3.29. The number of alkyl halides is 1. The molecule has 0 saturated carbocycles. The zero-order valence-electron chi connectivity index (χ0n) is 6.00. The van der Waals surface area contributed by atoms with Gasteiger partial charge in [0.1, 0.15) is 11.9 Å². The summed E-state index contributed by atoms with van der Waals surface area (Å²) >= 11 is 0. The molecule has 0 aliphatic carbocycles. The molecule has 11 heavy (non-hydrogen) atoms. The predicted molar refractivity (Wildman–Crippen MR) is 42.2 cm³/mol. The Hall–Kier alpha value is -1.31. The van der Waals surface area contributed by atoms with E-state index in [0.717, 1.165) is 6.08 Å². The highest BCUT2D eigenvalue weighted by Gasteiger charge is 2.07. The first-order chi connectivity index (χ1) is 5.25. The topological polar surface area (TPSA) is 20.2 Å². The molecule has 0 saturated heterocycles. The second-order valence-corrected chi connectivity index (χ2v) is 2.20. The molecule has 0 aliphatic rings. The molecule has 0 fully saturated rings. The van der Waals surface area contributed by atoms with Crippen molar-refractivity contribution in [1.29, 1.82) is 0 Å². The van der Waals surface area contributed by atoms with Gasteiger partial charge in [0.25, 0.3) is 0 Å². The van der Waals surface area contributed by atoms with Crippen LogP contribution in [0.5, 0.6) is 5.75 Å². The van der Waals surface area contributed by atoms with Crippen molar-refractivity contribution in [3.63, 3.8) is 0 Å². The number of benzene rings is 1. The fraction of sp³-hybridized carbons (Fsp3) is 0.111. The van der Waals surface area contributed by atoms with Crippen molar-refractivity contribution >= 4 is 0 Å². The van der Waals surface area contributed by atoms with E-state index in [9.17, 15) is 4.39 Å². The van der Waals surface area contributed by atoms with Crippen LogP contribution < -0.4 is 0 Å². The smallest absolute Gasteiger partial charge is 0.147 e. The molecular weight excluding hydrogens is 143 g/mol. The van der Waals surface area contributed by atoms with Crippen molar-refractivity contribution < 1.29 is 9.50 Å². The molecule has 1 nitrogen and oxygen atoms in total. The van der Waals surface area contributed by atoms with Crippen LogP contribution in [0, 0.1) is 0 Å². The number of phenols is 1. The highest BCUT2D eigenvalue weighted by molar-refractivity contribution is 5.35. The molecule has 1 N–H and O–H groups in total. The van der Waals surface area contributed by atoms with Crippen molar-refractivity contribution in [3.05, 3.63) is 42.5 Å². The van der Waals surface area contributed by atoms with E-state index in [2.05, 4.69) is 6.58 Å². The first kappa shape index (κ1) is 7.79. The van der Waals surface area contributed by atoms with Gasteiger partial charge in [-0.3, -0.25) is 0 Å². The zero-order valence-corrected chi connectivity index (χ0v) is 6.00. The maximum absolute atomic E-state index is 12.8. The van der Waals surface area contributed by atoms with Crippen LogP contribution in [0.3, 0.4) is 0 Å². The predicted octanol–water partition coefficient (Wildman–Crippen LogP) is 2.59. The molecule has 1 rings (SSSR count). The molecule has 0 amide bonds. The number of aromatic hydroxyl groups is 1. The maximum Gasteiger partial charge on any atom is 0.147 e. The molecule has 0 aliphatic heterocycles. The number of halogens is 1. The van der Waals surface area contributed by atoms with E-state index in [1.165, 1.54) is 12.1 Å². The first-order valence-electron chi connectivity index (χ1n) is 3.30. The lowest BCUT2D eigenvalue weighted by atomic mass is 10.1. The van der Waals surface area contributed by atoms with Crippen molar-refractivity contribution in [2.24, 2.45) is 0 Å². The van der Waals surface area contributed by atoms with Gasteiger partial charge in [-0.25, -0.2) is 4.39 Å². The van der Waals surface area contributed by atoms with Gasteiger partial charge >= 0.3 is 0 Å². The Morgan fingerprint density at radius 2 is 2.09 bits per heavy atom. The van der Waals surface area contributed by atoms with Gasteiger partial charge in [0.15, 0.2) is 0 Å². The quantitative estimate of drug-likeness (QED) is 0.646. The van der Waals surface area contributed by atoms with Crippen LogP contribution >= 0.6 is 0 Å². The van der Waals surface area contributed by atoms with Crippen molar-refractivity contribution in [1.82, 2.24) is 0 Å². The van der Waals surface area contributed by atoms with Gasteiger partial charge < -0.3 is 5.11 Å². The molecule has 1 unspecified atom stereocenters. The monoisotopic (exact) mass is 152 g/mol. The largest absolute Gasteiger partial charge is 0.508 e. The summed E-state index contributed by atoms with van der Waals surface area (Å²) in [4.78, 5) is 0. The summed E-state index contributed by atoms with van der Waals surface area (Å²) in [6, 6.07) is 6.30. The molecule has 58 valence electrons. The van der Waals surface area contributed by atoms with Gasteiger partial charge in [-0.1, -0.05) is 30.9 Å². The fourth-order valence-corrected chi connectivity index (χ4v) is 0.848. The minimum absolute atomic E-state index is 0.0279. The third-order valence-corrected chi connectivity index (χ3v) is 1.44. The number of allylic oxidation sites excluding steroid dienone is 1. The SMILES string of the molecule is C=CC(F)c1ccccc1O. The lowest BCUT2D eigenvalue weighted by molar-refractivity contribution is 0.389. The van der Waals surface area contributed by atoms with Crippen molar-refractivity contribution in [3.8, 4) is 5.75 Å². The van der Waals surface area contributed by atoms with E-state index in [4.69, 9.17) is 5.11 Å². The second-order valence-electron chi connectivity index (χ2n) is 2.20. The average Bonchev–Trinajstić information content (AvgIpc) is 2.04. The summed E-state index contributed by atoms with van der Waals surface area (Å²) in [5.74, 6) is -0.0279. The zero-order chi connectivity index (χ0) is 8.27. The van der Waals surface area contributed by atoms with Gasteiger partial charge in [0, 0.05) is 5.56 Å².